The number of fused-ring (bicyclic) bond motifs is 1. The number of aliphatic hydroxyl groups excluding tert-OH is 1. The van der Waals surface area contributed by atoms with Crippen molar-refractivity contribution in [3.63, 3.8) is 0 Å². The highest BCUT2D eigenvalue weighted by Crippen LogP contribution is 2.37. The first-order valence-corrected chi connectivity index (χ1v) is 11.4. The molecule has 0 unspecified atom stereocenters. The van der Waals surface area contributed by atoms with Crippen molar-refractivity contribution in [1.82, 2.24) is 14.9 Å². The number of aliphatic hydroxyl groups is 1. The Kier molecular flexibility index (Phi) is 6.03. The number of hydrogen-bond donors (Lipinski definition) is 2. The van der Waals surface area contributed by atoms with E-state index < -0.39 is 30.0 Å². The number of aromatic nitrogens is 2. The molecule has 10 heteroatoms. The zero-order chi connectivity index (χ0) is 24.0. The Morgan fingerprint density at radius 3 is 2.85 bits per heavy atom. The molecule has 3 aliphatic rings. The highest BCUT2D eigenvalue weighted by atomic mass is 19.1. The van der Waals surface area contributed by atoms with E-state index in [2.05, 4.69) is 20.3 Å². The van der Waals surface area contributed by atoms with E-state index in [-0.39, 0.29) is 37.4 Å². The minimum Gasteiger partial charge on any atom is -0.391 e. The number of carbonyl (C=O) groups excluding carboxylic acids is 1. The van der Waals surface area contributed by atoms with Gasteiger partial charge in [0.1, 0.15) is 29.8 Å². The molecule has 1 amide bonds. The van der Waals surface area contributed by atoms with Crippen LogP contribution in [0.25, 0.3) is 0 Å². The van der Waals surface area contributed by atoms with Gasteiger partial charge in [0.2, 0.25) is 0 Å². The maximum Gasteiger partial charge on any atom is 0.273 e. The molecule has 2 fully saturated rings. The summed E-state index contributed by atoms with van der Waals surface area (Å²) in [6.45, 7) is 1.93. The highest BCUT2D eigenvalue weighted by Gasteiger charge is 2.41. The number of aliphatic imine (C=N–C) groups is 1. The van der Waals surface area contributed by atoms with Gasteiger partial charge in [0.25, 0.3) is 5.91 Å². The van der Waals surface area contributed by atoms with Crippen LogP contribution in [0.15, 0.2) is 29.5 Å². The Morgan fingerprint density at radius 2 is 2.09 bits per heavy atom. The Morgan fingerprint density at radius 1 is 1.26 bits per heavy atom. The van der Waals surface area contributed by atoms with E-state index in [1.807, 2.05) is 6.92 Å². The number of anilines is 1. The van der Waals surface area contributed by atoms with E-state index in [4.69, 9.17) is 4.74 Å². The SMILES string of the molecule is CO[C@@H]1C[C@@H](O)[C@H](Nc2ncnc3c2C(C(=O)N2C[C@@H](F)C[C@@H]2c2cc(F)ccc2C)=NC3)C1. The lowest BCUT2D eigenvalue weighted by Gasteiger charge is -2.26. The number of nitrogens with zero attached hydrogens (tertiary/aromatic N) is 4. The normalized spacial score (nSPS) is 28.2. The van der Waals surface area contributed by atoms with Gasteiger partial charge in [-0.25, -0.2) is 18.7 Å². The number of halogens is 2. The Balaban J connectivity index is 1.44. The number of rotatable bonds is 5. The number of benzene rings is 1. The quantitative estimate of drug-likeness (QED) is 0.695. The number of likely N-dealkylation sites (tertiary alicyclic amines) is 1. The predicted octanol–water partition coefficient (Wildman–Crippen LogP) is 2.49. The smallest absolute Gasteiger partial charge is 0.273 e. The van der Waals surface area contributed by atoms with Gasteiger partial charge >= 0.3 is 0 Å². The van der Waals surface area contributed by atoms with E-state index in [0.29, 0.717) is 35.5 Å². The van der Waals surface area contributed by atoms with Crippen molar-refractivity contribution < 1.29 is 23.4 Å². The van der Waals surface area contributed by atoms with Crippen molar-refractivity contribution in [2.45, 2.75) is 63.2 Å². The van der Waals surface area contributed by atoms with E-state index in [0.717, 1.165) is 5.56 Å². The number of ether oxygens (including phenoxy) is 1. The highest BCUT2D eigenvalue weighted by molar-refractivity contribution is 6.47. The van der Waals surface area contributed by atoms with Crippen molar-refractivity contribution >= 4 is 17.4 Å². The van der Waals surface area contributed by atoms with E-state index in [1.54, 1.807) is 13.2 Å². The third kappa shape index (κ3) is 4.05. The Labute approximate surface area is 196 Å². The van der Waals surface area contributed by atoms with Gasteiger partial charge in [-0.3, -0.25) is 9.79 Å². The van der Waals surface area contributed by atoms with Gasteiger partial charge in [0, 0.05) is 20.0 Å². The molecule has 1 aliphatic carbocycles. The maximum atomic E-state index is 14.5. The maximum absolute atomic E-state index is 14.5. The third-order valence-corrected chi connectivity index (χ3v) is 7.00. The van der Waals surface area contributed by atoms with Crippen molar-refractivity contribution in [3.8, 4) is 0 Å². The number of alkyl halides is 1. The first-order valence-electron chi connectivity index (χ1n) is 11.4. The Bertz CT molecular complexity index is 1140. The second-order valence-electron chi connectivity index (χ2n) is 9.16. The summed E-state index contributed by atoms with van der Waals surface area (Å²) in [5, 5.41) is 13.7. The van der Waals surface area contributed by atoms with E-state index in [1.165, 1.54) is 23.4 Å². The topological polar surface area (TPSA) is 99.9 Å². The van der Waals surface area contributed by atoms with Gasteiger partial charge in [0.05, 0.1) is 48.6 Å². The summed E-state index contributed by atoms with van der Waals surface area (Å²) in [6.07, 6.45) is 0.667. The van der Waals surface area contributed by atoms with Gasteiger partial charge in [-0.2, -0.15) is 0 Å². The number of hydrogen-bond acceptors (Lipinski definition) is 7. The third-order valence-electron chi connectivity index (χ3n) is 7.00. The summed E-state index contributed by atoms with van der Waals surface area (Å²) in [7, 11) is 1.61. The molecule has 2 aliphatic heterocycles. The average molecular weight is 472 g/mol. The van der Waals surface area contributed by atoms with Gasteiger partial charge in [-0.15, -0.1) is 0 Å². The van der Waals surface area contributed by atoms with E-state index >= 15 is 0 Å². The van der Waals surface area contributed by atoms with Crippen molar-refractivity contribution in [1.29, 1.82) is 0 Å². The minimum atomic E-state index is -1.22. The second kappa shape index (κ2) is 8.99. The first kappa shape index (κ1) is 22.8. The molecule has 5 rings (SSSR count). The van der Waals surface area contributed by atoms with Gasteiger partial charge in [0.15, 0.2) is 0 Å². The summed E-state index contributed by atoms with van der Waals surface area (Å²) < 4.78 is 33.9. The fourth-order valence-electron chi connectivity index (χ4n) is 5.21. The first-order chi connectivity index (χ1) is 16.4. The number of aryl methyl sites for hydroxylation is 1. The molecular weight excluding hydrogens is 444 g/mol. The van der Waals surface area contributed by atoms with Crippen LogP contribution >= 0.6 is 0 Å². The van der Waals surface area contributed by atoms with Gasteiger partial charge < -0.3 is 20.1 Å². The van der Waals surface area contributed by atoms with Crippen LogP contribution in [-0.2, 0) is 16.1 Å². The number of methoxy groups -OCH3 is 1. The molecular formula is C24H27F2N5O3. The van der Waals surface area contributed by atoms with Crippen LogP contribution in [0.1, 0.15) is 47.7 Å². The van der Waals surface area contributed by atoms with Gasteiger partial charge in [-0.05, 0) is 36.6 Å². The van der Waals surface area contributed by atoms with Crippen LogP contribution in [0.2, 0.25) is 0 Å². The molecule has 34 heavy (non-hydrogen) atoms. The number of nitrogens with one attached hydrogen (secondary N) is 1. The molecule has 1 saturated carbocycles. The van der Waals surface area contributed by atoms with Crippen LogP contribution in [0.4, 0.5) is 14.6 Å². The summed E-state index contributed by atoms with van der Waals surface area (Å²) in [4.78, 5) is 28.1. The second-order valence-corrected chi connectivity index (χ2v) is 9.16. The minimum absolute atomic E-state index is 0.0708. The molecule has 0 spiro atoms. The molecule has 8 nitrogen and oxygen atoms in total. The lowest BCUT2D eigenvalue weighted by atomic mass is 9.98. The van der Waals surface area contributed by atoms with Crippen LogP contribution < -0.4 is 5.32 Å². The number of carbonyl (C=O) groups is 1. The Hall–Kier alpha value is -2.98. The van der Waals surface area contributed by atoms with Crippen molar-refractivity contribution in [3.05, 3.63) is 52.7 Å². The van der Waals surface area contributed by atoms with E-state index in [9.17, 15) is 18.7 Å². The molecule has 3 heterocycles. The molecule has 1 aromatic carbocycles. The molecule has 2 aromatic rings. The van der Waals surface area contributed by atoms with Crippen LogP contribution in [-0.4, -0.2) is 69.7 Å². The van der Waals surface area contributed by atoms with Crippen LogP contribution in [0.3, 0.4) is 0 Å². The number of amides is 1. The zero-order valence-corrected chi connectivity index (χ0v) is 19.0. The fraction of sp³-hybridized carbons (Fsp3) is 0.500. The standard InChI is InChI=1S/C24H27F2N5O3/c1-12-3-4-13(25)5-16(12)19-6-14(26)10-31(19)24(33)22-21-18(9-27-22)28-11-29-23(21)30-17-7-15(34-2)8-20(17)32/h3-5,11,14-15,17,19-20,32H,6-10H2,1-2H3,(H,28,29,30)/t14-,15-,17+,19+,20+/m0/s1. The summed E-state index contributed by atoms with van der Waals surface area (Å²) in [5.41, 5.74) is 2.60. The molecule has 1 aromatic heterocycles. The largest absolute Gasteiger partial charge is 0.391 e. The van der Waals surface area contributed by atoms with Gasteiger partial charge in [-0.1, -0.05) is 6.07 Å². The van der Waals surface area contributed by atoms with Crippen LogP contribution in [0.5, 0.6) is 0 Å². The lowest BCUT2D eigenvalue weighted by Crippen LogP contribution is -2.38. The lowest BCUT2D eigenvalue weighted by molar-refractivity contribution is -0.125. The molecule has 0 radical (unpaired) electrons. The summed E-state index contributed by atoms with van der Waals surface area (Å²) in [5.74, 6) is -0.458. The molecule has 2 N–H and O–H groups in total. The predicted molar refractivity (Wildman–Crippen MR) is 121 cm³/mol. The monoisotopic (exact) mass is 471 g/mol. The molecule has 1 saturated heterocycles. The summed E-state index contributed by atoms with van der Waals surface area (Å²) >= 11 is 0. The average Bonchev–Trinajstić information content (AvgIpc) is 3.52. The van der Waals surface area contributed by atoms with Crippen molar-refractivity contribution in [2.75, 3.05) is 19.0 Å². The summed E-state index contributed by atoms with van der Waals surface area (Å²) in [6, 6.07) is 3.46. The molecule has 0 bridgehead atoms. The fourth-order valence-corrected chi connectivity index (χ4v) is 5.21. The van der Waals surface area contributed by atoms with Crippen LogP contribution in [0, 0.1) is 12.7 Å². The van der Waals surface area contributed by atoms with Crippen molar-refractivity contribution in [2.24, 2.45) is 4.99 Å². The molecule has 180 valence electrons. The zero-order valence-electron chi connectivity index (χ0n) is 19.0. The molecule has 5 atom stereocenters.